The Hall–Kier alpha value is -4.86. The average molecular weight is 588 g/mol. The molecular formula is C33H37N3O7. The van der Waals surface area contributed by atoms with Crippen molar-refractivity contribution >= 4 is 24.1 Å². The Bertz CT molecular complexity index is 1370. The van der Waals surface area contributed by atoms with Crippen molar-refractivity contribution < 1.29 is 33.4 Å². The summed E-state index contributed by atoms with van der Waals surface area (Å²) in [5.74, 6) is -1.18. The molecule has 0 unspecified atom stereocenters. The standard InChI is InChI=1S/C33H37N3O7/c1-22(35-33(40)42-20-23-12-4-3-5-13-23)30(37)36-29(31(38)41-2)18-10-11-19-34-32(39)43-21-28-26-16-8-6-14-24(26)25-15-7-9-17-27(25)28/h3-9,12-17,22,28-29H,10-11,18-21H2,1-2H3,(H,34,39)(H,35,40)(H,36,37)/t22-,29-/m0/s1. The predicted molar refractivity (Wildman–Crippen MR) is 160 cm³/mol. The molecule has 0 bridgehead atoms. The van der Waals surface area contributed by atoms with Gasteiger partial charge >= 0.3 is 18.2 Å². The Morgan fingerprint density at radius 3 is 2.05 bits per heavy atom. The van der Waals surface area contributed by atoms with Crippen molar-refractivity contribution in [2.75, 3.05) is 20.3 Å². The van der Waals surface area contributed by atoms with Crippen LogP contribution in [0.2, 0.25) is 0 Å². The number of hydrogen-bond acceptors (Lipinski definition) is 7. The molecule has 0 fully saturated rings. The van der Waals surface area contributed by atoms with Gasteiger partial charge in [-0.25, -0.2) is 14.4 Å². The third kappa shape index (κ3) is 8.57. The van der Waals surface area contributed by atoms with Crippen molar-refractivity contribution in [1.82, 2.24) is 16.0 Å². The van der Waals surface area contributed by atoms with Gasteiger partial charge in [0.25, 0.3) is 0 Å². The first-order valence-corrected chi connectivity index (χ1v) is 14.3. The number of hydrogen-bond donors (Lipinski definition) is 3. The average Bonchev–Trinajstić information content (AvgIpc) is 3.35. The smallest absolute Gasteiger partial charge is 0.408 e. The van der Waals surface area contributed by atoms with E-state index in [-0.39, 0.29) is 25.6 Å². The minimum atomic E-state index is -0.939. The van der Waals surface area contributed by atoms with E-state index < -0.39 is 36.1 Å². The fourth-order valence-corrected chi connectivity index (χ4v) is 5.01. The normalized spacial score (nSPS) is 13.1. The largest absolute Gasteiger partial charge is 0.467 e. The van der Waals surface area contributed by atoms with E-state index in [1.165, 1.54) is 14.0 Å². The van der Waals surface area contributed by atoms with Crippen molar-refractivity contribution in [3.05, 3.63) is 95.6 Å². The highest BCUT2D eigenvalue weighted by Crippen LogP contribution is 2.44. The summed E-state index contributed by atoms with van der Waals surface area (Å²) in [5, 5.41) is 7.83. The lowest BCUT2D eigenvalue weighted by Crippen LogP contribution is -2.50. The Morgan fingerprint density at radius 2 is 1.40 bits per heavy atom. The summed E-state index contributed by atoms with van der Waals surface area (Å²) < 4.78 is 15.5. The van der Waals surface area contributed by atoms with Gasteiger partial charge in [-0.05, 0) is 54.0 Å². The van der Waals surface area contributed by atoms with Crippen LogP contribution in [-0.4, -0.2) is 56.4 Å². The first-order chi connectivity index (χ1) is 20.9. The number of ether oxygens (including phenoxy) is 3. The number of unbranched alkanes of at least 4 members (excludes halogenated alkanes) is 1. The molecule has 0 spiro atoms. The van der Waals surface area contributed by atoms with Gasteiger partial charge in [0.2, 0.25) is 5.91 Å². The van der Waals surface area contributed by atoms with Crippen LogP contribution in [0, 0.1) is 0 Å². The summed E-state index contributed by atoms with van der Waals surface area (Å²) in [6.07, 6.45) is 0.0903. The zero-order valence-corrected chi connectivity index (χ0v) is 24.3. The first-order valence-electron chi connectivity index (χ1n) is 14.3. The van der Waals surface area contributed by atoms with Crippen LogP contribution < -0.4 is 16.0 Å². The molecule has 3 amide bonds. The molecule has 1 aliphatic carbocycles. The molecule has 0 heterocycles. The third-order valence-electron chi connectivity index (χ3n) is 7.28. The molecule has 3 N–H and O–H groups in total. The third-order valence-corrected chi connectivity index (χ3v) is 7.28. The van der Waals surface area contributed by atoms with Crippen molar-refractivity contribution in [2.45, 2.75) is 50.8 Å². The number of esters is 1. The minimum Gasteiger partial charge on any atom is -0.467 e. The number of fused-ring (bicyclic) bond motifs is 3. The number of methoxy groups -OCH3 is 1. The fourth-order valence-electron chi connectivity index (χ4n) is 5.01. The molecule has 43 heavy (non-hydrogen) atoms. The van der Waals surface area contributed by atoms with Gasteiger partial charge in [-0.1, -0.05) is 78.9 Å². The molecule has 1 aliphatic rings. The Balaban J connectivity index is 1.15. The van der Waals surface area contributed by atoms with E-state index >= 15 is 0 Å². The van der Waals surface area contributed by atoms with Crippen molar-refractivity contribution in [1.29, 1.82) is 0 Å². The summed E-state index contributed by atoms with van der Waals surface area (Å²) in [4.78, 5) is 49.4. The number of benzene rings is 3. The first kappa shape index (κ1) is 31.1. The monoisotopic (exact) mass is 587 g/mol. The van der Waals surface area contributed by atoms with Crippen LogP contribution in [0.25, 0.3) is 11.1 Å². The number of carbonyl (C=O) groups excluding carboxylic acids is 4. The quantitative estimate of drug-likeness (QED) is 0.150. The van der Waals surface area contributed by atoms with Crippen LogP contribution in [0.4, 0.5) is 9.59 Å². The second-order valence-corrected chi connectivity index (χ2v) is 10.3. The Morgan fingerprint density at radius 1 is 0.767 bits per heavy atom. The topological polar surface area (TPSA) is 132 Å². The predicted octanol–water partition coefficient (Wildman–Crippen LogP) is 4.67. The van der Waals surface area contributed by atoms with Gasteiger partial charge in [-0.2, -0.15) is 0 Å². The summed E-state index contributed by atoms with van der Waals surface area (Å²) >= 11 is 0. The summed E-state index contributed by atoms with van der Waals surface area (Å²) in [6.45, 7) is 2.12. The molecule has 0 radical (unpaired) electrons. The molecule has 4 rings (SSSR count). The highest BCUT2D eigenvalue weighted by molar-refractivity contribution is 5.89. The van der Waals surface area contributed by atoms with Gasteiger partial charge in [0.05, 0.1) is 7.11 Å². The van der Waals surface area contributed by atoms with E-state index in [1.54, 1.807) is 0 Å². The maximum Gasteiger partial charge on any atom is 0.408 e. The lowest BCUT2D eigenvalue weighted by Gasteiger charge is -2.20. The fraction of sp³-hybridized carbons (Fsp3) is 0.333. The van der Waals surface area contributed by atoms with Gasteiger partial charge in [-0.15, -0.1) is 0 Å². The van der Waals surface area contributed by atoms with Gasteiger partial charge in [0, 0.05) is 12.5 Å². The van der Waals surface area contributed by atoms with E-state index in [0.29, 0.717) is 19.4 Å². The van der Waals surface area contributed by atoms with Crippen LogP contribution >= 0.6 is 0 Å². The zero-order valence-electron chi connectivity index (χ0n) is 24.3. The lowest BCUT2D eigenvalue weighted by atomic mass is 9.98. The number of alkyl carbamates (subject to hydrolysis) is 2. The number of nitrogens with one attached hydrogen (secondary N) is 3. The maximum atomic E-state index is 12.6. The minimum absolute atomic E-state index is 0.0230. The molecule has 10 heteroatoms. The molecule has 2 atom stereocenters. The van der Waals surface area contributed by atoms with Gasteiger partial charge < -0.3 is 30.2 Å². The molecule has 3 aromatic carbocycles. The van der Waals surface area contributed by atoms with E-state index in [2.05, 4.69) is 40.2 Å². The summed E-state index contributed by atoms with van der Waals surface area (Å²) in [5.41, 5.74) is 5.41. The van der Waals surface area contributed by atoms with Crippen LogP contribution in [0.1, 0.15) is 48.8 Å². The maximum absolute atomic E-state index is 12.6. The van der Waals surface area contributed by atoms with Crippen LogP contribution in [0.15, 0.2) is 78.9 Å². The molecule has 3 aromatic rings. The van der Waals surface area contributed by atoms with Crippen LogP contribution in [0.3, 0.4) is 0 Å². The van der Waals surface area contributed by atoms with E-state index in [4.69, 9.17) is 14.2 Å². The highest BCUT2D eigenvalue weighted by Gasteiger charge is 2.29. The van der Waals surface area contributed by atoms with Crippen LogP contribution in [0.5, 0.6) is 0 Å². The van der Waals surface area contributed by atoms with Gasteiger partial charge in [0.1, 0.15) is 25.3 Å². The molecule has 0 saturated heterocycles. The molecule has 0 saturated carbocycles. The molecule has 226 valence electrons. The van der Waals surface area contributed by atoms with Gasteiger partial charge in [0.15, 0.2) is 0 Å². The van der Waals surface area contributed by atoms with Gasteiger partial charge in [-0.3, -0.25) is 4.79 Å². The Labute approximate surface area is 251 Å². The molecule has 0 aromatic heterocycles. The van der Waals surface area contributed by atoms with Crippen molar-refractivity contribution in [3.8, 4) is 11.1 Å². The number of rotatable bonds is 13. The van der Waals surface area contributed by atoms with E-state index in [0.717, 1.165) is 27.8 Å². The molecule has 10 nitrogen and oxygen atoms in total. The Kier molecular flexibility index (Phi) is 11.1. The SMILES string of the molecule is COC(=O)[C@H](CCCCNC(=O)OCC1c2ccccc2-c2ccccc21)NC(=O)[C@H](C)NC(=O)OCc1ccccc1. The van der Waals surface area contributed by atoms with E-state index in [9.17, 15) is 19.2 Å². The number of amides is 3. The van der Waals surface area contributed by atoms with E-state index in [1.807, 2.05) is 54.6 Å². The zero-order chi connectivity index (χ0) is 30.6. The second-order valence-electron chi connectivity index (χ2n) is 10.3. The summed E-state index contributed by atoms with van der Waals surface area (Å²) in [7, 11) is 1.24. The lowest BCUT2D eigenvalue weighted by molar-refractivity contribution is -0.145. The molecule has 0 aliphatic heterocycles. The molecular weight excluding hydrogens is 550 g/mol. The highest BCUT2D eigenvalue weighted by atomic mass is 16.6. The number of carbonyl (C=O) groups is 4. The summed E-state index contributed by atoms with van der Waals surface area (Å²) in [6, 6.07) is 23.6. The van der Waals surface area contributed by atoms with Crippen molar-refractivity contribution in [2.24, 2.45) is 0 Å². The second kappa shape index (κ2) is 15.4. The van der Waals surface area contributed by atoms with Crippen LogP contribution in [-0.2, 0) is 30.4 Å². The van der Waals surface area contributed by atoms with Crippen molar-refractivity contribution in [3.63, 3.8) is 0 Å².